The number of aromatic nitrogens is 1. The first kappa shape index (κ1) is 14.8. The molecule has 6 heteroatoms. The molecule has 0 saturated heterocycles. The molecular formula is C16H18N2O3S. The molecule has 22 heavy (non-hydrogen) atoms. The van der Waals surface area contributed by atoms with Crippen LogP contribution < -0.4 is 14.8 Å². The van der Waals surface area contributed by atoms with E-state index in [1.54, 1.807) is 23.5 Å². The lowest BCUT2D eigenvalue weighted by Gasteiger charge is -2.07. The summed E-state index contributed by atoms with van der Waals surface area (Å²) in [5, 5.41) is 3.46. The number of nitrogens with zero attached hydrogens (tertiary/aromatic N) is 1. The second kappa shape index (κ2) is 6.79. The SMILES string of the molecule is CCOc1ccc(OCC(=O)Nc2nc3c(s2)CCC3)cc1. The van der Waals surface area contributed by atoms with Crippen molar-refractivity contribution in [2.45, 2.75) is 26.2 Å². The molecule has 0 unspecified atom stereocenters. The van der Waals surface area contributed by atoms with Crippen LogP contribution in [0.15, 0.2) is 24.3 Å². The molecule has 0 saturated carbocycles. The summed E-state index contributed by atoms with van der Waals surface area (Å²) in [6.07, 6.45) is 3.26. The number of nitrogens with one attached hydrogen (secondary N) is 1. The van der Waals surface area contributed by atoms with Crippen molar-refractivity contribution in [1.82, 2.24) is 4.98 Å². The summed E-state index contributed by atoms with van der Waals surface area (Å²) in [5.41, 5.74) is 1.13. The molecule has 0 radical (unpaired) electrons. The zero-order chi connectivity index (χ0) is 15.4. The number of hydrogen-bond donors (Lipinski definition) is 1. The molecule has 1 aliphatic rings. The lowest BCUT2D eigenvalue weighted by molar-refractivity contribution is -0.118. The lowest BCUT2D eigenvalue weighted by Crippen LogP contribution is -2.20. The number of thiazole rings is 1. The van der Waals surface area contributed by atoms with Crippen LogP contribution in [0.5, 0.6) is 11.5 Å². The zero-order valence-electron chi connectivity index (χ0n) is 12.4. The van der Waals surface area contributed by atoms with Gasteiger partial charge in [0.15, 0.2) is 11.7 Å². The molecule has 1 amide bonds. The fourth-order valence-electron chi connectivity index (χ4n) is 2.35. The van der Waals surface area contributed by atoms with Crippen LogP contribution in [0.1, 0.15) is 23.9 Å². The van der Waals surface area contributed by atoms with Gasteiger partial charge < -0.3 is 9.47 Å². The molecule has 1 aromatic heterocycles. The summed E-state index contributed by atoms with van der Waals surface area (Å²) in [4.78, 5) is 17.6. The van der Waals surface area contributed by atoms with Gasteiger partial charge in [0.05, 0.1) is 12.3 Å². The maximum Gasteiger partial charge on any atom is 0.264 e. The number of carbonyl (C=O) groups is 1. The van der Waals surface area contributed by atoms with Crippen molar-refractivity contribution in [3.8, 4) is 11.5 Å². The van der Waals surface area contributed by atoms with E-state index >= 15 is 0 Å². The topological polar surface area (TPSA) is 60.5 Å². The molecule has 0 atom stereocenters. The molecule has 3 rings (SSSR count). The second-order valence-corrected chi connectivity index (χ2v) is 6.07. The van der Waals surface area contributed by atoms with Gasteiger partial charge in [0.25, 0.3) is 5.91 Å². The highest BCUT2D eigenvalue weighted by atomic mass is 32.1. The Morgan fingerprint density at radius 1 is 1.23 bits per heavy atom. The summed E-state index contributed by atoms with van der Waals surface area (Å²) in [7, 11) is 0. The molecule has 116 valence electrons. The van der Waals surface area contributed by atoms with Crippen molar-refractivity contribution >= 4 is 22.4 Å². The number of aryl methyl sites for hydroxylation is 2. The summed E-state index contributed by atoms with van der Waals surface area (Å²) in [5.74, 6) is 1.23. The minimum atomic E-state index is -0.193. The Morgan fingerprint density at radius 3 is 2.64 bits per heavy atom. The van der Waals surface area contributed by atoms with Crippen molar-refractivity contribution in [1.29, 1.82) is 0 Å². The maximum atomic E-state index is 11.9. The number of fused-ring (bicyclic) bond motifs is 1. The largest absolute Gasteiger partial charge is 0.494 e. The van der Waals surface area contributed by atoms with Crippen molar-refractivity contribution in [2.24, 2.45) is 0 Å². The number of rotatable bonds is 6. The van der Waals surface area contributed by atoms with Gasteiger partial charge >= 0.3 is 0 Å². The molecule has 0 fully saturated rings. The van der Waals surface area contributed by atoms with E-state index in [1.165, 1.54) is 11.3 Å². The third-order valence-corrected chi connectivity index (χ3v) is 4.42. The standard InChI is InChI=1S/C16H18N2O3S/c1-2-20-11-6-8-12(9-7-11)21-10-15(19)18-16-17-13-4-3-5-14(13)22-16/h6-9H,2-5,10H2,1H3,(H,17,18,19). The molecule has 0 bridgehead atoms. The number of anilines is 1. The Bertz CT molecular complexity index is 630. The van der Waals surface area contributed by atoms with Crippen LogP contribution in [0.3, 0.4) is 0 Å². The van der Waals surface area contributed by atoms with Crippen LogP contribution in [-0.4, -0.2) is 24.1 Å². The number of ether oxygens (including phenoxy) is 2. The molecule has 0 spiro atoms. The van der Waals surface area contributed by atoms with Gasteiger partial charge in [-0.15, -0.1) is 11.3 Å². The number of amides is 1. The fraction of sp³-hybridized carbons (Fsp3) is 0.375. The molecule has 0 aliphatic heterocycles. The highest BCUT2D eigenvalue weighted by Gasteiger charge is 2.17. The summed E-state index contributed by atoms with van der Waals surface area (Å²) in [6, 6.07) is 7.22. The van der Waals surface area contributed by atoms with Crippen LogP contribution in [0.25, 0.3) is 0 Å². The molecule has 1 heterocycles. The third-order valence-electron chi connectivity index (χ3n) is 3.35. The van der Waals surface area contributed by atoms with Gasteiger partial charge in [-0.25, -0.2) is 4.98 Å². The van der Waals surface area contributed by atoms with Crippen molar-refractivity contribution in [3.63, 3.8) is 0 Å². The predicted octanol–water partition coefficient (Wildman–Crippen LogP) is 3.05. The van der Waals surface area contributed by atoms with Gasteiger partial charge in [-0.05, 0) is 50.5 Å². The fourth-order valence-corrected chi connectivity index (χ4v) is 3.41. The average Bonchev–Trinajstić information content (AvgIpc) is 3.08. The summed E-state index contributed by atoms with van der Waals surface area (Å²) < 4.78 is 10.8. The van der Waals surface area contributed by atoms with E-state index in [0.29, 0.717) is 17.5 Å². The second-order valence-electron chi connectivity index (χ2n) is 4.98. The van der Waals surface area contributed by atoms with Gasteiger partial charge in [-0.1, -0.05) is 0 Å². The molecule has 1 N–H and O–H groups in total. The number of carbonyl (C=O) groups excluding carboxylic acids is 1. The quantitative estimate of drug-likeness (QED) is 0.889. The zero-order valence-corrected chi connectivity index (χ0v) is 13.2. The normalized spacial score (nSPS) is 12.8. The predicted molar refractivity (Wildman–Crippen MR) is 85.9 cm³/mol. The highest BCUT2D eigenvalue weighted by molar-refractivity contribution is 7.15. The minimum Gasteiger partial charge on any atom is -0.494 e. The van der Waals surface area contributed by atoms with E-state index in [4.69, 9.17) is 9.47 Å². The van der Waals surface area contributed by atoms with E-state index in [1.807, 2.05) is 19.1 Å². The van der Waals surface area contributed by atoms with Crippen LogP contribution in [0.4, 0.5) is 5.13 Å². The number of hydrogen-bond acceptors (Lipinski definition) is 5. The van der Waals surface area contributed by atoms with E-state index < -0.39 is 0 Å². The van der Waals surface area contributed by atoms with Gasteiger partial charge in [-0.3, -0.25) is 10.1 Å². The van der Waals surface area contributed by atoms with Gasteiger partial charge in [0.1, 0.15) is 11.5 Å². The number of benzene rings is 1. The van der Waals surface area contributed by atoms with Crippen LogP contribution >= 0.6 is 11.3 Å². The Balaban J connectivity index is 1.49. The Hall–Kier alpha value is -2.08. The molecule has 2 aromatic rings. The molecule has 5 nitrogen and oxygen atoms in total. The highest BCUT2D eigenvalue weighted by Crippen LogP contribution is 2.30. The van der Waals surface area contributed by atoms with Crippen molar-refractivity contribution in [2.75, 3.05) is 18.5 Å². The van der Waals surface area contributed by atoms with E-state index in [9.17, 15) is 4.79 Å². The Labute approximate surface area is 133 Å². The van der Waals surface area contributed by atoms with E-state index in [0.717, 1.165) is 24.3 Å². The first-order valence-corrected chi connectivity index (χ1v) is 8.20. The third kappa shape index (κ3) is 3.57. The van der Waals surface area contributed by atoms with Crippen molar-refractivity contribution < 1.29 is 14.3 Å². The smallest absolute Gasteiger partial charge is 0.264 e. The first-order valence-electron chi connectivity index (χ1n) is 7.38. The van der Waals surface area contributed by atoms with Gasteiger partial charge in [0, 0.05) is 4.88 Å². The van der Waals surface area contributed by atoms with Crippen molar-refractivity contribution in [3.05, 3.63) is 34.8 Å². The summed E-state index contributed by atoms with van der Waals surface area (Å²) in [6.45, 7) is 2.53. The minimum absolute atomic E-state index is 0.0295. The Kier molecular flexibility index (Phi) is 4.58. The summed E-state index contributed by atoms with van der Waals surface area (Å²) >= 11 is 1.56. The lowest BCUT2D eigenvalue weighted by atomic mass is 10.3. The molecular weight excluding hydrogens is 300 g/mol. The molecule has 1 aliphatic carbocycles. The monoisotopic (exact) mass is 318 g/mol. The van der Waals surface area contributed by atoms with E-state index in [-0.39, 0.29) is 12.5 Å². The van der Waals surface area contributed by atoms with Gasteiger partial charge in [-0.2, -0.15) is 0 Å². The average molecular weight is 318 g/mol. The van der Waals surface area contributed by atoms with Crippen LogP contribution in [-0.2, 0) is 17.6 Å². The first-order chi connectivity index (χ1) is 10.7. The molecule has 1 aromatic carbocycles. The Morgan fingerprint density at radius 2 is 1.95 bits per heavy atom. The van der Waals surface area contributed by atoms with E-state index in [2.05, 4.69) is 10.3 Å². The van der Waals surface area contributed by atoms with Crippen LogP contribution in [0.2, 0.25) is 0 Å². The van der Waals surface area contributed by atoms with Crippen LogP contribution in [0, 0.1) is 0 Å². The maximum absolute atomic E-state index is 11.9. The van der Waals surface area contributed by atoms with Gasteiger partial charge in [0.2, 0.25) is 0 Å².